The summed E-state index contributed by atoms with van der Waals surface area (Å²) in [6.07, 6.45) is 7.50. The molecule has 0 radical (unpaired) electrons. The van der Waals surface area contributed by atoms with E-state index < -0.39 is 0 Å². The lowest BCUT2D eigenvalue weighted by atomic mass is 10.0. The van der Waals surface area contributed by atoms with Gasteiger partial charge in [-0.2, -0.15) is 0 Å². The zero-order valence-corrected chi connectivity index (χ0v) is 10.0. The SMILES string of the molecule is c1ccc([S+]2CC3CCCCC2C3)cc1. The molecule has 0 N–H and O–H groups in total. The lowest BCUT2D eigenvalue weighted by Gasteiger charge is -2.11. The van der Waals surface area contributed by atoms with Gasteiger partial charge in [-0.3, -0.25) is 0 Å². The Morgan fingerprint density at radius 1 is 1.00 bits per heavy atom. The molecule has 1 aliphatic heterocycles. The van der Waals surface area contributed by atoms with Gasteiger partial charge in [0.15, 0.2) is 4.90 Å². The Balaban J connectivity index is 1.83. The summed E-state index contributed by atoms with van der Waals surface area (Å²) in [4.78, 5) is 1.63. The van der Waals surface area contributed by atoms with Crippen LogP contribution in [0.15, 0.2) is 35.2 Å². The lowest BCUT2D eigenvalue weighted by Crippen LogP contribution is -2.17. The van der Waals surface area contributed by atoms with Crippen LogP contribution >= 0.6 is 0 Å². The summed E-state index contributed by atoms with van der Waals surface area (Å²) in [6, 6.07) is 11.2. The van der Waals surface area contributed by atoms with E-state index in [9.17, 15) is 0 Å². The summed E-state index contributed by atoms with van der Waals surface area (Å²) in [5.41, 5.74) is 0. The smallest absolute Gasteiger partial charge is 0.0619 e. The van der Waals surface area contributed by atoms with E-state index in [-0.39, 0.29) is 0 Å². The van der Waals surface area contributed by atoms with Gasteiger partial charge in [0.25, 0.3) is 0 Å². The van der Waals surface area contributed by atoms with Gasteiger partial charge < -0.3 is 0 Å². The second-order valence-electron chi connectivity index (χ2n) is 4.92. The third-order valence-electron chi connectivity index (χ3n) is 3.85. The molecule has 15 heavy (non-hydrogen) atoms. The van der Waals surface area contributed by atoms with E-state index in [4.69, 9.17) is 0 Å². The summed E-state index contributed by atoms with van der Waals surface area (Å²) in [5.74, 6) is 2.55. The summed E-state index contributed by atoms with van der Waals surface area (Å²) in [6.45, 7) is 0. The number of benzene rings is 1. The van der Waals surface area contributed by atoms with Crippen LogP contribution in [0.1, 0.15) is 32.1 Å². The summed E-state index contributed by atoms with van der Waals surface area (Å²) < 4.78 is 0. The minimum atomic E-state index is 0.593. The maximum absolute atomic E-state index is 2.35. The summed E-state index contributed by atoms with van der Waals surface area (Å²) in [5, 5.41) is 1.03. The molecule has 1 saturated carbocycles. The number of hydrogen-bond donors (Lipinski definition) is 0. The molecule has 1 saturated heterocycles. The monoisotopic (exact) mass is 219 g/mol. The van der Waals surface area contributed by atoms with Crippen LogP contribution in [0.2, 0.25) is 0 Å². The van der Waals surface area contributed by atoms with Gasteiger partial charge >= 0.3 is 0 Å². The number of hydrogen-bond acceptors (Lipinski definition) is 0. The Kier molecular flexibility index (Phi) is 2.74. The van der Waals surface area contributed by atoms with Gasteiger partial charge in [-0.1, -0.05) is 24.6 Å². The van der Waals surface area contributed by atoms with Crippen LogP contribution in [0, 0.1) is 5.92 Å². The highest BCUT2D eigenvalue weighted by Crippen LogP contribution is 2.40. The minimum Gasteiger partial charge on any atom is -0.0619 e. The van der Waals surface area contributed by atoms with E-state index in [1.807, 2.05) is 0 Å². The van der Waals surface area contributed by atoms with Crippen LogP contribution in [0.3, 0.4) is 0 Å². The van der Waals surface area contributed by atoms with E-state index in [1.54, 1.807) is 4.90 Å². The van der Waals surface area contributed by atoms with Gasteiger partial charge in [-0.15, -0.1) is 0 Å². The van der Waals surface area contributed by atoms with Crippen LogP contribution in [-0.2, 0) is 10.9 Å². The van der Waals surface area contributed by atoms with Crippen molar-refractivity contribution in [2.45, 2.75) is 42.2 Å². The molecule has 2 aliphatic rings. The normalized spacial score (nSPS) is 35.1. The molecule has 0 nitrogen and oxygen atoms in total. The van der Waals surface area contributed by atoms with E-state index in [0.717, 1.165) is 11.2 Å². The Morgan fingerprint density at radius 2 is 1.80 bits per heavy atom. The highest BCUT2D eigenvalue weighted by atomic mass is 32.2. The van der Waals surface area contributed by atoms with Gasteiger partial charge in [0.05, 0.1) is 0 Å². The van der Waals surface area contributed by atoms with E-state index in [0.29, 0.717) is 10.9 Å². The highest BCUT2D eigenvalue weighted by Gasteiger charge is 2.44. The van der Waals surface area contributed by atoms with E-state index in [2.05, 4.69) is 30.3 Å². The van der Waals surface area contributed by atoms with Gasteiger partial charge in [0, 0.05) is 23.2 Å². The van der Waals surface area contributed by atoms with Crippen molar-refractivity contribution in [3.05, 3.63) is 30.3 Å². The van der Waals surface area contributed by atoms with Crippen molar-refractivity contribution in [3.8, 4) is 0 Å². The Hall–Kier alpha value is -0.430. The molecule has 0 amide bonds. The van der Waals surface area contributed by atoms with Crippen molar-refractivity contribution in [1.29, 1.82) is 0 Å². The molecular weight excluding hydrogens is 200 g/mol. The Labute approximate surface area is 95.4 Å². The zero-order chi connectivity index (χ0) is 10.1. The molecule has 3 atom stereocenters. The lowest BCUT2D eigenvalue weighted by molar-refractivity contribution is 0.537. The Bertz CT molecular complexity index is 319. The molecule has 3 unspecified atom stereocenters. The first-order valence-corrected chi connectivity index (χ1v) is 7.64. The fourth-order valence-corrected chi connectivity index (χ4v) is 6.22. The molecule has 1 aromatic rings. The first kappa shape index (κ1) is 9.77. The van der Waals surface area contributed by atoms with Crippen molar-refractivity contribution < 1.29 is 0 Å². The molecule has 1 heterocycles. The number of rotatable bonds is 1. The molecule has 3 rings (SSSR count). The first-order chi connectivity index (χ1) is 7.43. The fourth-order valence-electron chi connectivity index (χ4n) is 3.10. The molecular formula is C14H19S+. The summed E-state index contributed by atoms with van der Waals surface area (Å²) in [7, 11) is 0.593. The molecule has 1 heteroatoms. The van der Waals surface area contributed by atoms with Gasteiger partial charge in [-0.05, 0) is 31.4 Å². The second kappa shape index (κ2) is 4.21. The number of fused-ring (bicyclic) bond motifs is 2. The molecule has 2 bridgehead atoms. The molecule has 80 valence electrons. The maximum atomic E-state index is 2.35. The largest absolute Gasteiger partial charge is 0.155 e. The molecule has 1 aliphatic carbocycles. The molecule has 0 spiro atoms. The predicted molar refractivity (Wildman–Crippen MR) is 67.3 cm³/mol. The fraction of sp³-hybridized carbons (Fsp3) is 0.571. The standard InChI is InChI=1S/C14H19S/c1-2-7-13(8-3-1)15-11-12-6-4-5-9-14(15)10-12/h1-3,7-8,12,14H,4-6,9-11H2/q+1. The first-order valence-electron chi connectivity index (χ1n) is 6.18. The zero-order valence-electron chi connectivity index (χ0n) is 9.19. The summed E-state index contributed by atoms with van der Waals surface area (Å²) >= 11 is 0. The topological polar surface area (TPSA) is 0 Å². The molecule has 2 fully saturated rings. The van der Waals surface area contributed by atoms with Crippen LogP contribution in [-0.4, -0.2) is 11.0 Å². The minimum absolute atomic E-state index is 0.593. The third-order valence-corrected chi connectivity index (χ3v) is 6.79. The third kappa shape index (κ3) is 1.94. The Morgan fingerprint density at radius 3 is 2.67 bits per heavy atom. The van der Waals surface area contributed by atoms with Crippen molar-refractivity contribution >= 4 is 10.9 Å². The van der Waals surface area contributed by atoms with Crippen molar-refractivity contribution in [1.82, 2.24) is 0 Å². The van der Waals surface area contributed by atoms with Gasteiger partial charge in [0.2, 0.25) is 0 Å². The van der Waals surface area contributed by atoms with Crippen LogP contribution < -0.4 is 0 Å². The van der Waals surface area contributed by atoms with Gasteiger partial charge in [-0.25, -0.2) is 0 Å². The maximum Gasteiger partial charge on any atom is 0.155 e. The van der Waals surface area contributed by atoms with Crippen LogP contribution in [0.5, 0.6) is 0 Å². The second-order valence-corrected chi connectivity index (χ2v) is 7.25. The van der Waals surface area contributed by atoms with E-state index in [1.165, 1.54) is 37.9 Å². The van der Waals surface area contributed by atoms with Crippen LogP contribution in [0.4, 0.5) is 0 Å². The van der Waals surface area contributed by atoms with E-state index >= 15 is 0 Å². The average Bonchev–Trinajstić information content (AvgIpc) is 2.52. The van der Waals surface area contributed by atoms with Gasteiger partial charge in [0.1, 0.15) is 11.0 Å². The predicted octanol–water partition coefficient (Wildman–Crippen LogP) is 3.63. The molecule has 0 aromatic heterocycles. The van der Waals surface area contributed by atoms with Crippen molar-refractivity contribution in [2.75, 3.05) is 5.75 Å². The quantitative estimate of drug-likeness (QED) is 0.633. The molecule has 1 aromatic carbocycles. The average molecular weight is 219 g/mol. The van der Waals surface area contributed by atoms with Crippen molar-refractivity contribution in [3.63, 3.8) is 0 Å². The highest BCUT2D eigenvalue weighted by molar-refractivity contribution is 7.97. The van der Waals surface area contributed by atoms with Crippen molar-refractivity contribution in [2.24, 2.45) is 5.92 Å². The van der Waals surface area contributed by atoms with Crippen LogP contribution in [0.25, 0.3) is 0 Å².